The van der Waals surface area contributed by atoms with E-state index in [0.29, 0.717) is 23.0 Å². The van der Waals surface area contributed by atoms with Crippen molar-refractivity contribution in [2.24, 2.45) is 0 Å². The third kappa shape index (κ3) is 4.52. The highest BCUT2D eigenvalue weighted by Crippen LogP contribution is 2.21. The molecule has 1 aliphatic carbocycles. The van der Waals surface area contributed by atoms with Gasteiger partial charge >= 0.3 is 0 Å². The molecule has 2 aromatic rings. The molecule has 1 heterocycles. The summed E-state index contributed by atoms with van der Waals surface area (Å²) >= 11 is 6.10. The number of carbonyl (C=O) groups excluding carboxylic acids is 1. The molecule has 0 atom stereocenters. The maximum absolute atomic E-state index is 12.6. The van der Waals surface area contributed by atoms with Crippen molar-refractivity contribution in [3.63, 3.8) is 0 Å². The van der Waals surface area contributed by atoms with Crippen LogP contribution in [0.25, 0.3) is 11.4 Å². The van der Waals surface area contributed by atoms with Gasteiger partial charge in [-0.15, -0.1) is 0 Å². The number of carbonyl (C=O) groups is 1. The van der Waals surface area contributed by atoms with Gasteiger partial charge in [-0.05, 0) is 31.4 Å². The number of hydrogen-bond donors (Lipinski definition) is 1. The fourth-order valence-electron chi connectivity index (χ4n) is 3.40. The summed E-state index contributed by atoms with van der Waals surface area (Å²) in [6.07, 6.45) is 6.19. The number of hydrogen-bond acceptors (Lipinski definition) is 3. The van der Waals surface area contributed by atoms with E-state index in [0.717, 1.165) is 31.2 Å². The van der Waals surface area contributed by atoms with Crippen molar-refractivity contribution in [1.82, 2.24) is 14.9 Å². The molecule has 1 saturated carbocycles. The molecule has 0 aliphatic heterocycles. The lowest BCUT2D eigenvalue weighted by molar-refractivity contribution is -0.122. The van der Waals surface area contributed by atoms with Gasteiger partial charge in [0.15, 0.2) is 0 Å². The molecule has 0 unspecified atom stereocenters. The molecular weight excluding hydrogens is 350 g/mol. The van der Waals surface area contributed by atoms with E-state index in [9.17, 15) is 9.59 Å². The van der Waals surface area contributed by atoms with E-state index >= 15 is 0 Å². The van der Waals surface area contributed by atoms with Crippen LogP contribution in [0, 0.1) is 0 Å². The normalized spacial score (nSPS) is 15.0. The Hall–Kier alpha value is -2.14. The molecule has 0 radical (unpaired) electrons. The molecule has 0 saturated heterocycles. The van der Waals surface area contributed by atoms with Crippen LogP contribution in [0.15, 0.2) is 35.1 Å². The maximum Gasteiger partial charge on any atom is 0.254 e. The lowest BCUT2D eigenvalue weighted by Crippen LogP contribution is -2.40. The largest absolute Gasteiger partial charge is 0.352 e. The number of nitrogens with one attached hydrogen (secondary N) is 1. The zero-order valence-electron chi connectivity index (χ0n) is 15.0. The average molecular weight is 374 g/mol. The van der Waals surface area contributed by atoms with Crippen LogP contribution < -0.4 is 10.9 Å². The summed E-state index contributed by atoms with van der Waals surface area (Å²) < 4.78 is 1.43. The molecule has 3 rings (SSSR count). The highest BCUT2D eigenvalue weighted by Gasteiger charge is 2.18. The Kier molecular flexibility index (Phi) is 6.09. The second-order valence-corrected chi connectivity index (χ2v) is 7.20. The van der Waals surface area contributed by atoms with Crippen molar-refractivity contribution >= 4 is 17.5 Å². The first kappa shape index (κ1) is 18.6. The van der Waals surface area contributed by atoms with Crippen molar-refractivity contribution in [1.29, 1.82) is 0 Å². The second-order valence-electron chi connectivity index (χ2n) is 6.76. The van der Waals surface area contributed by atoms with E-state index in [4.69, 9.17) is 11.6 Å². The number of rotatable bonds is 5. The molecular formula is C20H24ClN3O2. The Morgan fingerprint density at radius 3 is 2.73 bits per heavy atom. The molecule has 1 aliphatic rings. The predicted octanol–water partition coefficient (Wildman–Crippen LogP) is 3.58. The molecule has 0 spiro atoms. The summed E-state index contributed by atoms with van der Waals surface area (Å²) in [5.41, 5.74) is 1.22. The molecule has 138 valence electrons. The van der Waals surface area contributed by atoms with Gasteiger partial charge in [-0.2, -0.15) is 0 Å². The third-order valence-corrected chi connectivity index (χ3v) is 5.01. The van der Waals surface area contributed by atoms with Gasteiger partial charge in [-0.3, -0.25) is 14.2 Å². The highest BCUT2D eigenvalue weighted by molar-refractivity contribution is 6.30. The lowest BCUT2D eigenvalue weighted by Gasteiger charge is -2.23. The number of amides is 1. The van der Waals surface area contributed by atoms with Crippen molar-refractivity contribution in [3.05, 3.63) is 51.4 Å². The minimum atomic E-state index is -0.217. The minimum absolute atomic E-state index is 0.0336. The van der Waals surface area contributed by atoms with Gasteiger partial charge in [0, 0.05) is 28.4 Å². The summed E-state index contributed by atoms with van der Waals surface area (Å²) in [5, 5.41) is 3.63. The number of aryl methyl sites for hydroxylation is 1. The average Bonchev–Trinajstić information content (AvgIpc) is 2.64. The number of aromatic nitrogens is 2. The van der Waals surface area contributed by atoms with E-state index in [1.165, 1.54) is 17.1 Å². The van der Waals surface area contributed by atoms with E-state index in [1.54, 1.807) is 12.1 Å². The number of benzene rings is 1. The van der Waals surface area contributed by atoms with Crippen LogP contribution in [0.5, 0.6) is 0 Å². The quantitative estimate of drug-likeness (QED) is 0.871. The highest BCUT2D eigenvalue weighted by atomic mass is 35.5. The van der Waals surface area contributed by atoms with Gasteiger partial charge in [-0.1, -0.05) is 49.9 Å². The van der Waals surface area contributed by atoms with Crippen LogP contribution >= 0.6 is 11.6 Å². The first-order chi connectivity index (χ1) is 12.6. The van der Waals surface area contributed by atoms with E-state index in [-0.39, 0.29) is 24.1 Å². The smallest absolute Gasteiger partial charge is 0.254 e. The van der Waals surface area contributed by atoms with Gasteiger partial charge in [0.1, 0.15) is 12.4 Å². The first-order valence-corrected chi connectivity index (χ1v) is 9.60. The number of halogens is 1. The molecule has 6 heteroatoms. The van der Waals surface area contributed by atoms with Gasteiger partial charge in [0.05, 0.1) is 0 Å². The topological polar surface area (TPSA) is 64.0 Å². The van der Waals surface area contributed by atoms with Crippen LogP contribution in [-0.4, -0.2) is 21.5 Å². The summed E-state index contributed by atoms with van der Waals surface area (Å²) in [6.45, 7) is 1.91. The first-order valence-electron chi connectivity index (χ1n) is 9.23. The Labute approximate surface area is 158 Å². The summed E-state index contributed by atoms with van der Waals surface area (Å²) in [6, 6.07) is 8.91. The van der Waals surface area contributed by atoms with Crippen LogP contribution in [0.2, 0.25) is 5.02 Å². The molecule has 1 amide bonds. The standard InChI is InChI=1S/C20H24ClN3O2/c1-2-16-12-19(26)24(13-18(25)22-17-9-4-3-5-10-17)20(23-16)14-7-6-8-15(21)11-14/h6-8,11-12,17H,2-5,9-10,13H2,1H3,(H,22,25). The molecule has 1 fully saturated rings. The van der Waals surface area contributed by atoms with Gasteiger partial charge in [-0.25, -0.2) is 4.98 Å². The third-order valence-electron chi connectivity index (χ3n) is 4.78. The molecule has 26 heavy (non-hydrogen) atoms. The zero-order chi connectivity index (χ0) is 18.5. The Morgan fingerprint density at radius 1 is 1.27 bits per heavy atom. The Morgan fingerprint density at radius 2 is 2.04 bits per heavy atom. The fourth-order valence-corrected chi connectivity index (χ4v) is 3.59. The summed E-state index contributed by atoms with van der Waals surface area (Å²) in [4.78, 5) is 29.7. The Balaban J connectivity index is 1.90. The van der Waals surface area contributed by atoms with Crippen molar-refractivity contribution in [2.75, 3.05) is 0 Å². The van der Waals surface area contributed by atoms with Crippen LogP contribution in [0.4, 0.5) is 0 Å². The summed E-state index contributed by atoms with van der Waals surface area (Å²) in [7, 11) is 0. The zero-order valence-corrected chi connectivity index (χ0v) is 15.8. The van der Waals surface area contributed by atoms with Crippen molar-refractivity contribution < 1.29 is 4.79 Å². The molecule has 5 nitrogen and oxygen atoms in total. The predicted molar refractivity (Wildman–Crippen MR) is 103 cm³/mol. The fraction of sp³-hybridized carbons (Fsp3) is 0.450. The van der Waals surface area contributed by atoms with Crippen LogP contribution in [0.3, 0.4) is 0 Å². The van der Waals surface area contributed by atoms with E-state index in [2.05, 4.69) is 10.3 Å². The molecule has 1 aromatic carbocycles. The monoisotopic (exact) mass is 373 g/mol. The minimum Gasteiger partial charge on any atom is -0.352 e. The SMILES string of the molecule is CCc1cc(=O)n(CC(=O)NC2CCCCC2)c(-c2cccc(Cl)c2)n1. The number of nitrogens with zero attached hydrogens (tertiary/aromatic N) is 2. The van der Waals surface area contributed by atoms with Gasteiger partial charge in [0.25, 0.3) is 5.56 Å². The second kappa shape index (κ2) is 8.49. The molecule has 0 bridgehead atoms. The lowest BCUT2D eigenvalue weighted by atomic mass is 9.95. The van der Waals surface area contributed by atoms with Crippen molar-refractivity contribution in [3.8, 4) is 11.4 Å². The Bertz CT molecular complexity index is 841. The van der Waals surface area contributed by atoms with E-state index in [1.807, 2.05) is 19.1 Å². The van der Waals surface area contributed by atoms with E-state index < -0.39 is 0 Å². The van der Waals surface area contributed by atoms with Crippen molar-refractivity contribution in [2.45, 2.75) is 58.0 Å². The maximum atomic E-state index is 12.6. The summed E-state index contributed by atoms with van der Waals surface area (Å²) in [5.74, 6) is 0.337. The van der Waals surface area contributed by atoms with Gasteiger partial charge < -0.3 is 5.32 Å². The molecule has 1 aromatic heterocycles. The van der Waals surface area contributed by atoms with Crippen LogP contribution in [-0.2, 0) is 17.8 Å². The van der Waals surface area contributed by atoms with Crippen LogP contribution in [0.1, 0.15) is 44.7 Å². The molecule has 1 N–H and O–H groups in total. The van der Waals surface area contributed by atoms with Gasteiger partial charge in [0.2, 0.25) is 5.91 Å².